The molecule has 0 N–H and O–H groups in total. The molecule has 3 rings (SSSR count). The van der Waals surface area contributed by atoms with E-state index in [2.05, 4.69) is 73.6 Å². The van der Waals surface area contributed by atoms with Crippen LogP contribution in [0.2, 0.25) is 3.17 Å². The summed E-state index contributed by atoms with van der Waals surface area (Å²) in [6, 6.07) is 4.83. The predicted octanol–water partition coefficient (Wildman–Crippen LogP) is 6.71. The average Bonchev–Trinajstić information content (AvgIpc) is 2.86. The Labute approximate surface area is 153 Å². The third-order valence-electron chi connectivity index (χ3n) is 6.53. The molecular weight excluding hydrogens is 443 g/mol. The number of hydrogen-bond donors (Lipinski definition) is 0. The number of allylic oxidation sites excluding steroid dienone is 5. The minimum atomic E-state index is -0.992. The van der Waals surface area contributed by atoms with E-state index in [0.717, 1.165) is 0 Å². The standard InChI is InChI=1S/C12H13.C10H15.Hf/c1-8-4-5-11-6-9(2)10(3)7-12(8)11;1-6-7(2)9(4)10(5)8(6)3;/h5-8H,1-3H3;1-5H3;. The van der Waals surface area contributed by atoms with Gasteiger partial charge >= 0.3 is 153 Å². The molecule has 0 aromatic heterocycles. The van der Waals surface area contributed by atoms with E-state index in [9.17, 15) is 0 Å². The fourth-order valence-corrected chi connectivity index (χ4v) is 11.0. The van der Waals surface area contributed by atoms with Crippen molar-refractivity contribution < 1.29 is 22.9 Å². The van der Waals surface area contributed by atoms with Crippen LogP contribution >= 0.6 is 0 Å². The molecule has 0 saturated carbocycles. The molecule has 1 aromatic rings. The monoisotopic (exact) mass is 472 g/mol. The number of benzene rings is 1. The van der Waals surface area contributed by atoms with Gasteiger partial charge in [0.25, 0.3) is 0 Å². The van der Waals surface area contributed by atoms with E-state index in [4.69, 9.17) is 0 Å². The Morgan fingerprint density at radius 1 is 0.870 bits per heavy atom. The molecule has 1 heteroatoms. The molecule has 1 aromatic carbocycles. The van der Waals surface area contributed by atoms with E-state index >= 15 is 0 Å². The van der Waals surface area contributed by atoms with Crippen LogP contribution in [0, 0.1) is 13.8 Å². The Bertz CT molecular complexity index is 762. The molecule has 0 heterocycles. The van der Waals surface area contributed by atoms with Crippen molar-refractivity contribution in [2.75, 3.05) is 0 Å². The second-order valence-electron chi connectivity index (χ2n) is 7.64. The number of hydrogen-bond acceptors (Lipinski definition) is 0. The Kier molecular flexibility index (Phi) is 4.24. The predicted molar refractivity (Wildman–Crippen MR) is 97.4 cm³/mol. The summed E-state index contributed by atoms with van der Waals surface area (Å²) in [6.07, 6.45) is 2.55. The third kappa shape index (κ3) is 2.51. The fourth-order valence-electron chi connectivity index (χ4n) is 4.04. The summed E-state index contributed by atoms with van der Waals surface area (Å²) in [6.45, 7) is 18.8. The van der Waals surface area contributed by atoms with Crippen molar-refractivity contribution in [1.82, 2.24) is 0 Å². The van der Waals surface area contributed by atoms with Gasteiger partial charge in [-0.2, -0.15) is 0 Å². The van der Waals surface area contributed by atoms with Gasteiger partial charge in [0.2, 0.25) is 0 Å². The van der Waals surface area contributed by atoms with E-state index in [-0.39, 0.29) is 0 Å². The molecule has 2 aliphatic rings. The van der Waals surface area contributed by atoms with Gasteiger partial charge in [-0.05, 0) is 0 Å². The summed E-state index contributed by atoms with van der Waals surface area (Å²) >= 11 is -0.992. The second-order valence-corrected chi connectivity index (χ2v) is 14.2. The first-order valence-electron chi connectivity index (χ1n) is 8.64. The van der Waals surface area contributed by atoms with E-state index in [0.29, 0.717) is 9.09 Å². The van der Waals surface area contributed by atoms with E-state index < -0.39 is 22.9 Å². The van der Waals surface area contributed by atoms with Crippen LogP contribution in [0.4, 0.5) is 0 Å². The zero-order chi connectivity index (χ0) is 17.1. The third-order valence-corrected chi connectivity index (χ3v) is 14.1. The molecule has 1 unspecified atom stereocenters. The molecule has 0 nitrogen and oxygen atoms in total. The molecule has 2 aliphatic carbocycles. The molecule has 1 atom stereocenters. The molecule has 0 aliphatic heterocycles. The Morgan fingerprint density at radius 3 is 1.96 bits per heavy atom. The van der Waals surface area contributed by atoms with Crippen LogP contribution in [-0.2, 0) is 22.9 Å². The van der Waals surface area contributed by atoms with Crippen LogP contribution < -0.4 is 0 Å². The summed E-state index contributed by atoms with van der Waals surface area (Å²) in [5.41, 5.74) is 12.3. The summed E-state index contributed by atoms with van der Waals surface area (Å²) in [4.78, 5) is 0. The zero-order valence-corrected chi connectivity index (χ0v) is 19.4. The molecule has 23 heavy (non-hydrogen) atoms. The van der Waals surface area contributed by atoms with Gasteiger partial charge in [0, 0.05) is 0 Å². The maximum absolute atomic E-state index is 2.55. The number of rotatable bonds is 2. The normalized spacial score (nSPS) is 22.6. The quantitative estimate of drug-likeness (QED) is 0.421. The van der Waals surface area contributed by atoms with Gasteiger partial charge in [-0.15, -0.1) is 0 Å². The van der Waals surface area contributed by atoms with Gasteiger partial charge in [0.05, 0.1) is 0 Å². The van der Waals surface area contributed by atoms with Crippen molar-refractivity contribution >= 4 is 6.08 Å². The van der Waals surface area contributed by atoms with Crippen molar-refractivity contribution in [3.05, 3.63) is 60.0 Å². The Morgan fingerprint density at radius 2 is 1.39 bits per heavy atom. The van der Waals surface area contributed by atoms with Crippen LogP contribution in [0.3, 0.4) is 0 Å². The second kappa shape index (κ2) is 5.69. The van der Waals surface area contributed by atoms with Crippen molar-refractivity contribution in [1.29, 1.82) is 0 Å². The van der Waals surface area contributed by atoms with Gasteiger partial charge < -0.3 is 0 Å². The van der Waals surface area contributed by atoms with Crippen LogP contribution in [0.15, 0.2) is 37.8 Å². The molecule has 0 saturated heterocycles. The zero-order valence-electron chi connectivity index (χ0n) is 15.8. The molecule has 0 fully saturated rings. The minimum absolute atomic E-state index is 0.389. The SMILES string of the molecule is CC1=C(C)[C](C)([Hf][C]2=Cc3cc(C)c(C)cc3C2C)C(C)=C1C. The first kappa shape index (κ1) is 17.1. The van der Waals surface area contributed by atoms with E-state index in [1.54, 1.807) is 31.2 Å². The molecular formula is C22H28Hf. The molecule has 0 radical (unpaired) electrons. The number of fused-ring (bicyclic) bond motifs is 1. The first-order chi connectivity index (χ1) is 10.7. The molecule has 0 bridgehead atoms. The Hall–Kier alpha value is -0.690. The molecule has 120 valence electrons. The summed E-state index contributed by atoms with van der Waals surface area (Å²) in [7, 11) is 0. The van der Waals surface area contributed by atoms with E-state index in [1.807, 2.05) is 0 Å². The van der Waals surface area contributed by atoms with Crippen molar-refractivity contribution in [3.63, 3.8) is 0 Å². The van der Waals surface area contributed by atoms with Gasteiger partial charge in [-0.3, -0.25) is 0 Å². The van der Waals surface area contributed by atoms with Crippen LogP contribution in [0.5, 0.6) is 0 Å². The molecule has 0 amide bonds. The van der Waals surface area contributed by atoms with Crippen molar-refractivity contribution in [2.45, 2.75) is 64.5 Å². The maximum atomic E-state index is 2.55. The first-order valence-corrected chi connectivity index (χ1v) is 12.2. The summed E-state index contributed by atoms with van der Waals surface area (Å²) in [5.74, 6) is 0.631. The van der Waals surface area contributed by atoms with Gasteiger partial charge in [-0.1, -0.05) is 0 Å². The van der Waals surface area contributed by atoms with Crippen LogP contribution in [0.1, 0.15) is 69.7 Å². The van der Waals surface area contributed by atoms with Crippen LogP contribution in [0.25, 0.3) is 6.08 Å². The molecule has 0 spiro atoms. The van der Waals surface area contributed by atoms with Crippen molar-refractivity contribution in [2.24, 2.45) is 0 Å². The van der Waals surface area contributed by atoms with Gasteiger partial charge in [0.1, 0.15) is 0 Å². The Balaban J connectivity index is 1.98. The summed E-state index contributed by atoms with van der Waals surface area (Å²) < 4.78 is 2.18. The number of aryl methyl sites for hydroxylation is 2. The fraction of sp³-hybridized carbons (Fsp3) is 0.455. The average molecular weight is 471 g/mol. The van der Waals surface area contributed by atoms with Crippen molar-refractivity contribution in [3.8, 4) is 0 Å². The van der Waals surface area contributed by atoms with Gasteiger partial charge in [-0.25, -0.2) is 0 Å². The topological polar surface area (TPSA) is 0 Å². The van der Waals surface area contributed by atoms with Gasteiger partial charge in [0.15, 0.2) is 0 Å². The van der Waals surface area contributed by atoms with E-state index in [1.165, 1.54) is 16.7 Å². The summed E-state index contributed by atoms with van der Waals surface area (Å²) in [5, 5.41) is 0. The van der Waals surface area contributed by atoms with Crippen LogP contribution in [-0.4, -0.2) is 0 Å².